The third-order valence-corrected chi connectivity index (χ3v) is 5.62. The van der Waals surface area contributed by atoms with Gasteiger partial charge < -0.3 is 32.8 Å². The predicted molar refractivity (Wildman–Crippen MR) is 122 cm³/mol. The number of nitrogens with two attached hydrogens (primary N) is 1. The van der Waals surface area contributed by atoms with Crippen molar-refractivity contribution in [3.63, 3.8) is 0 Å². The van der Waals surface area contributed by atoms with E-state index in [1.165, 1.54) is 6.21 Å². The van der Waals surface area contributed by atoms with E-state index in [9.17, 15) is 0 Å². The maximum absolute atomic E-state index is 15.6. The summed E-state index contributed by atoms with van der Waals surface area (Å²) in [6.45, 7) is 0.576. The molecule has 1 aromatic carbocycles. The summed E-state index contributed by atoms with van der Waals surface area (Å²) in [6, 6.07) is 7.32. The number of benzene rings is 1. The van der Waals surface area contributed by atoms with E-state index in [-0.39, 0.29) is 0 Å². The highest BCUT2D eigenvalue weighted by Gasteiger charge is 2.52. The Morgan fingerprint density at radius 2 is 2.06 bits per heavy atom. The minimum Gasteiger partial charge on any atom is -0.493 e. The fourth-order valence-corrected chi connectivity index (χ4v) is 4.38. The maximum atomic E-state index is 15.6. The Morgan fingerprint density at radius 1 is 1.26 bits per heavy atom. The lowest BCUT2D eigenvalue weighted by atomic mass is 9.86. The largest absolute Gasteiger partial charge is 0.737 e. The number of aromatic nitrogens is 1. The number of hydrogen-bond acceptors (Lipinski definition) is 3. The van der Waals surface area contributed by atoms with Gasteiger partial charge in [0, 0.05) is 34.7 Å². The highest BCUT2D eigenvalue weighted by molar-refractivity contribution is 6.58. The van der Waals surface area contributed by atoms with Crippen molar-refractivity contribution in [2.45, 2.75) is 20.3 Å². The number of rotatable bonds is 7. The van der Waals surface area contributed by atoms with Crippen molar-refractivity contribution in [3.8, 4) is 11.5 Å². The zero-order chi connectivity index (χ0) is 22.2. The molecular formula is C23H26BF2N3O2. The summed E-state index contributed by atoms with van der Waals surface area (Å²) in [5.74, 6) is 1.19. The molecule has 2 aromatic rings. The van der Waals surface area contributed by atoms with Crippen molar-refractivity contribution in [3.05, 3.63) is 64.6 Å². The molecular weight excluding hydrogens is 399 g/mol. The minimum atomic E-state index is -4.03. The van der Waals surface area contributed by atoms with Crippen LogP contribution in [0.15, 0.2) is 42.1 Å². The maximum Gasteiger partial charge on any atom is 0.737 e. The molecule has 0 unspecified atom stereocenters. The van der Waals surface area contributed by atoms with Crippen LogP contribution in [0.3, 0.4) is 0 Å². The zero-order valence-corrected chi connectivity index (χ0v) is 17.9. The van der Waals surface area contributed by atoms with Crippen LogP contribution in [0.2, 0.25) is 0 Å². The van der Waals surface area contributed by atoms with Crippen molar-refractivity contribution < 1.29 is 22.6 Å². The standard InChI is InChI=1S/C23H26BF2N3O2/c1-4-31-23-17(7-5-9-21(23)30-3)10-11-18-15-16(2)22-19(12-13-27)20-8-6-14-28(20)24(25,26)29(18)22/h5-11,14-15H,4,12-13,27H2,1-3H3/b11-10+. The van der Waals surface area contributed by atoms with Crippen LogP contribution in [0.1, 0.15) is 35.9 Å². The van der Waals surface area contributed by atoms with Crippen molar-refractivity contribution in [2.75, 3.05) is 20.3 Å². The smallest absolute Gasteiger partial charge is 0.493 e. The Balaban J connectivity index is 1.85. The normalized spacial score (nSPS) is 16.5. The first-order valence-electron chi connectivity index (χ1n) is 10.4. The number of fused-ring (bicyclic) bond motifs is 2. The van der Waals surface area contributed by atoms with Gasteiger partial charge in [-0.1, -0.05) is 12.1 Å². The SMILES string of the molecule is CCOc1c(/C=C/c2cc(C)c3n2[B-](F)(F)[N+]2=CC=CC2=C3CCN)cccc1OC. The molecule has 2 N–H and O–H groups in total. The van der Waals surface area contributed by atoms with Crippen molar-refractivity contribution in [2.24, 2.45) is 5.73 Å². The average molecular weight is 425 g/mol. The predicted octanol–water partition coefficient (Wildman–Crippen LogP) is 4.32. The first-order valence-corrected chi connectivity index (χ1v) is 10.4. The molecule has 0 aliphatic carbocycles. The van der Waals surface area contributed by atoms with E-state index in [1.807, 2.05) is 32.0 Å². The second-order valence-corrected chi connectivity index (χ2v) is 7.52. The van der Waals surface area contributed by atoms with Gasteiger partial charge in [0.25, 0.3) is 0 Å². The van der Waals surface area contributed by atoms with Gasteiger partial charge in [0.2, 0.25) is 0 Å². The molecule has 0 spiro atoms. The van der Waals surface area contributed by atoms with Gasteiger partial charge in [0.05, 0.1) is 13.7 Å². The van der Waals surface area contributed by atoms with Crippen molar-refractivity contribution >= 4 is 30.9 Å². The van der Waals surface area contributed by atoms with Gasteiger partial charge in [0.1, 0.15) is 6.21 Å². The second kappa shape index (κ2) is 8.19. The number of hydrogen-bond donors (Lipinski definition) is 1. The number of ether oxygens (including phenoxy) is 2. The van der Waals surface area contributed by atoms with Gasteiger partial charge in [-0.3, -0.25) is 0 Å². The van der Waals surface area contributed by atoms with Gasteiger partial charge in [-0.2, -0.15) is 0 Å². The fraction of sp³-hybridized carbons (Fsp3) is 0.261. The monoisotopic (exact) mass is 425 g/mol. The molecule has 0 saturated heterocycles. The summed E-state index contributed by atoms with van der Waals surface area (Å²) in [5.41, 5.74) is 9.72. The van der Waals surface area contributed by atoms with E-state index in [2.05, 4.69) is 0 Å². The Bertz CT molecular complexity index is 1150. The van der Waals surface area contributed by atoms with Crippen molar-refractivity contribution in [1.82, 2.24) is 4.48 Å². The van der Waals surface area contributed by atoms with E-state index in [4.69, 9.17) is 15.2 Å². The Morgan fingerprint density at radius 3 is 2.77 bits per heavy atom. The van der Waals surface area contributed by atoms with Crippen molar-refractivity contribution in [1.29, 1.82) is 0 Å². The molecule has 0 atom stereocenters. The molecule has 3 heterocycles. The van der Waals surface area contributed by atoms with Gasteiger partial charge in [-0.15, -0.1) is 0 Å². The van der Waals surface area contributed by atoms with Gasteiger partial charge in [-0.25, -0.2) is 0 Å². The van der Waals surface area contributed by atoms with E-state index in [0.29, 0.717) is 48.2 Å². The first kappa shape index (κ1) is 21.1. The summed E-state index contributed by atoms with van der Waals surface area (Å²) < 4.78 is 44.6. The number of nitrogens with zero attached hydrogens (tertiary/aromatic N) is 2. The molecule has 0 bridgehead atoms. The van der Waals surface area contributed by atoms with Gasteiger partial charge >= 0.3 is 6.97 Å². The molecule has 2 aliphatic heterocycles. The Labute approximate surface area is 180 Å². The average Bonchev–Trinajstić information content (AvgIpc) is 3.37. The third-order valence-electron chi connectivity index (χ3n) is 5.62. The van der Waals surface area contributed by atoms with Crippen LogP contribution in [0.4, 0.5) is 8.63 Å². The van der Waals surface area contributed by atoms with Crippen LogP contribution < -0.4 is 15.2 Å². The summed E-state index contributed by atoms with van der Waals surface area (Å²) in [5, 5.41) is 0. The second-order valence-electron chi connectivity index (χ2n) is 7.52. The lowest BCUT2D eigenvalue weighted by molar-refractivity contribution is -0.356. The molecule has 162 valence electrons. The molecule has 5 nitrogen and oxygen atoms in total. The summed E-state index contributed by atoms with van der Waals surface area (Å²) in [4.78, 5) is 0. The molecule has 4 rings (SSSR count). The highest BCUT2D eigenvalue weighted by atomic mass is 19.2. The molecule has 0 fully saturated rings. The minimum absolute atomic E-state index is 0.385. The lowest BCUT2D eigenvalue weighted by Gasteiger charge is -2.32. The summed E-state index contributed by atoms with van der Waals surface area (Å²) in [7, 11) is 1.57. The van der Waals surface area contributed by atoms with E-state index in [0.717, 1.165) is 25.7 Å². The number of allylic oxidation sites excluding steroid dienone is 2. The van der Waals surface area contributed by atoms with Crippen LogP contribution >= 0.6 is 0 Å². The van der Waals surface area contributed by atoms with E-state index >= 15 is 8.63 Å². The highest BCUT2D eigenvalue weighted by Crippen LogP contribution is 2.40. The molecule has 8 heteroatoms. The molecule has 1 aromatic heterocycles. The molecule has 0 amide bonds. The lowest BCUT2D eigenvalue weighted by Crippen LogP contribution is -2.50. The first-order chi connectivity index (χ1) is 14.9. The number of aryl methyl sites for hydroxylation is 1. The van der Waals surface area contributed by atoms with Crippen LogP contribution in [0, 0.1) is 6.92 Å². The summed E-state index contributed by atoms with van der Waals surface area (Å²) in [6.07, 6.45) is 8.84. The number of halogens is 2. The Kier molecular flexibility index (Phi) is 5.58. The summed E-state index contributed by atoms with van der Waals surface area (Å²) >= 11 is 0. The quantitative estimate of drug-likeness (QED) is 0.673. The van der Waals surface area contributed by atoms with Crippen LogP contribution in [0.5, 0.6) is 11.5 Å². The van der Waals surface area contributed by atoms with Crippen LogP contribution in [0.25, 0.3) is 17.7 Å². The van der Waals surface area contributed by atoms with Crippen LogP contribution in [-0.4, -0.2) is 42.4 Å². The number of methoxy groups -OCH3 is 1. The molecule has 31 heavy (non-hydrogen) atoms. The van der Waals surface area contributed by atoms with E-state index < -0.39 is 6.97 Å². The Hall–Kier alpha value is -3.13. The zero-order valence-electron chi connectivity index (χ0n) is 17.9. The molecule has 0 saturated carbocycles. The molecule has 0 radical (unpaired) electrons. The fourth-order valence-electron chi connectivity index (χ4n) is 4.38. The van der Waals surface area contributed by atoms with Crippen LogP contribution in [-0.2, 0) is 0 Å². The van der Waals surface area contributed by atoms with E-state index in [1.54, 1.807) is 37.5 Å². The number of para-hydroxylation sites is 1. The van der Waals surface area contributed by atoms with Gasteiger partial charge in [0.15, 0.2) is 17.2 Å². The topological polar surface area (TPSA) is 52.4 Å². The third kappa shape index (κ3) is 3.41. The van der Waals surface area contributed by atoms with Gasteiger partial charge in [-0.05, 0) is 56.7 Å². The molecule has 2 aliphatic rings.